The first-order valence-electron chi connectivity index (χ1n) is 7.46. The van der Waals surface area contributed by atoms with Gasteiger partial charge < -0.3 is 9.80 Å². The molecule has 0 radical (unpaired) electrons. The van der Waals surface area contributed by atoms with E-state index in [9.17, 15) is 22.8 Å². The van der Waals surface area contributed by atoms with Gasteiger partial charge in [0, 0.05) is 32.1 Å². The van der Waals surface area contributed by atoms with Crippen molar-refractivity contribution in [1.29, 1.82) is 0 Å². The second kappa shape index (κ2) is 7.66. The lowest BCUT2D eigenvalue weighted by Gasteiger charge is -2.34. The van der Waals surface area contributed by atoms with E-state index in [1.54, 1.807) is 4.90 Å². The van der Waals surface area contributed by atoms with Crippen molar-refractivity contribution in [3.05, 3.63) is 0 Å². The van der Waals surface area contributed by atoms with E-state index in [0.29, 0.717) is 25.9 Å². The van der Waals surface area contributed by atoms with E-state index in [4.69, 9.17) is 0 Å². The zero-order chi connectivity index (χ0) is 16.0. The largest absolute Gasteiger partial charge is 0.471 e. The van der Waals surface area contributed by atoms with Crippen LogP contribution in [0.2, 0.25) is 0 Å². The summed E-state index contributed by atoms with van der Waals surface area (Å²) in [7, 11) is 0. The van der Waals surface area contributed by atoms with Crippen LogP contribution in [0.15, 0.2) is 0 Å². The lowest BCUT2D eigenvalue weighted by Crippen LogP contribution is -2.48. The Kier molecular flexibility index (Phi) is 6.48. The Morgan fingerprint density at radius 1 is 1.10 bits per heavy atom. The summed E-state index contributed by atoms with van der Waals surface area (Å²) in [5.41, 5.74) is 0. The van der Waals surface area contributed by atoms with Crippen molar-refractivity contribution < 1.29 is 22.8 Å². The molecule has 0 aliphatic carbocycles. The van der Waals surface area contributed by atoms with Crippen molar-refractivity contribution in [3.8, 4) is 0 Å². The highest BCUT2D eigenvalue weighted by Crippen LogP contribution is 2.25. The van der Waals surface area contributed by atoms with Crippen molar-refractivity contribution in [2.45, 2.75) is 45.7 Å². The molecule has 0 bridgehead atoms. The SMILES string of the molecule is CCCN(CCC)C(=O)C1CCN(C(=O)C(F)(F)F)CC1. The molecule has 0 saturated carbocycles. The molecule has 0 atom stereocenters. The molecule has 0 N–H and O–H groups in total. The Morgan fingerprint density at radius 2 is 1.57 bits per heavy atom. The molecule has 1 rings (SSSR count). The molecule has 1 saturated heterocycles. The zero-order valence-electron chi connectivity index (χ0n) is 12.6. The summed E-state index contributed by atoms with van der Waals surface area (Å²) in [5.74, 6) is -2.05. The molecule has 0 aromatic carbocycles. The maximum Gasteiger partial charge on any atom is 0.471 e. The highest BCUT2D eigenvalue weighted by Gasteiger charge is 2.43. The number of rotatable bonds is 5. The van der Waals surface area contributed by atoms with Crippen LogP contribution < -0.4 is 0 Å². The van der Waals surface area contributed by atoms with Crippen molar-refractivity contribution in [1.82, 2.24) is 9.80 Å². The van der Waals surface area contributed by atoms with E-state index < -0.39 is 12.1 Å². The molecule has 1 fully saturated rings. The Morgan fingerprint density at radius 3 is 1.95 bits per heavy atom. The molecule has 1 aliphatic heterocycles. The van der Waals surface area contributed by atoms with Gasteiger partial charge in [-0.3, -0.25) is 9.59 Å². The first kappa shape index (κ1) is 17.8. The molecule has 0 unspecified atom stereocenters. The number of alkyl halides is 3. The highest BCUT2D eigenvalue weighted by atomic mass is 19.4. The first-order valence-corrected chi connectivity index (χ1v) is 7.46. The third-order valence-corrected chi connectivity index (χ3v) is 3.67. The molecule has 0 spiro atoms. The summed E-state index contributed by atoms with van der Waals surface area (Å²) < 4.78 is 37.1. The third kappa shape index (κ3) is 4.89. The molecule has 1 heterocycles. The molecule has 122 valence electrons. The van der Waals surface area contributed by atoms with Crippen LogP contribution in [0, 0.1) is 5.92 Å². The van der Waals surface area contributed by atoms with Crippen molar-refractivity contribution in [2.24, 2.45) is 5.92 Å². The van der Waals surface area contributed by atoms with E-state index in [1.165, 1.54) is 0 Å². The third-order valence-electron chi connectivity index (χ3n) is 3.67. The molecule has 4 nitrogen and oxygen atoms in total. The fourth-order valence-electron chi connectivity index (χ4n) is 2.64. The summed E-state index contributed by atoms with van der Waals surface area (Å²) in [6.07, 6.45) is -2.49. The topological polar surface area (TPSA) is 40.6 Å². The molecule has 0 aromatic rings. The number of carbonyl (C=O) groups excluding carboxylic acids is 2. The molecule has 2 amide bonds. The van der Waals surface area contributed by atoms with Crippen LogP contribution in [0.1, 0.15) is 39.5 Å². The minimum absolute atomic E-state index is 0.000833. The lowest BCUT2D eigenvalue weighted by molar-refractivity contribution is -0.187. The average molecular weight is 308 g/mol. The number of amides is 2. The van der Waals surface area contributed by atoms with E-state index >= 15 is 0 Å². The normalized spacial score (nSPS) is 16.9. The highest BCUT2D eigenvalue weighted by molar-refractivity contribution is 5.83. The van der Waals surface area contributed by atoms with E-state index in [1.807, 2.05) is 13.8 Å². The quantitative estimate of drug-likeness (QED) is 0.782. The maximum absolute atomic E-state index is 12.4. The average Bonchev–Trinajstić information content (AvgIpc) is 2.45. The van der Waals surface area contributed by atoms with Gasteiger partial charge in [0.05, 0.1) is 0 Å². The second-order valence-corrected chi connectivity index (χ2v) is 5.39. The van der Waals surface area contributed by atoms with Crippen LogP contribution in [0.25, 0.3) is 0 Å². The van der Waals surface area contributed by atoms with E-state index in [2.05, 4.69) is 0 Å². The molecule has 0 aromatic heterocycles. The van der Waals surface area contributed by atoms with E-state index in [-0.39, 0.29) is 24.9 Å². The Labute approximate surface area is 123 Å². The monoisotopic (exact) mass is 308 g/mol. The van der Waals surface area contributed by atoms with Crippen LogP contribution in [0.3, 0.4) is 0 Å². The minimum Gasteiger partial charge on any atom is -0.342 e. The summed E-state index contributed by atoms with van der Waals surface area (Å²) >= 11 is 0. The van der Waals surface area contributed by atoms with Gasteiger partial charge in [-0.2, -0.15) is 13.2 Å². The predicted molar refractivity (Wildman–Crippen MR) is 72.5 cm³/mol. The second-order valence-electron chi connectivity index (χ2n) is 5.39. The van der Waals surface area contributed by atoms with Gasteiger partial charge in [0.15, 0.2) is 0 Å². The Balaban J connectivity index is 2.55. The number of likely N-dealkylation sites (tertiary alicyclic amines) is 1. The van der Waals surface area contributed by atoms with Gasteiger partial charge in [-0.05, 0) is 25.7 Å². The fourth-order valence-corrected chi connectivity index (χ4v) is 2.64. The Bertz CT molecular complexity index is 358. The Hall–Kier alpha value is -1.27. The maximum atomic E-state index is 12.4. The van der Waals surface area contributed by atoms with Crippen molar-refractivity contribution in [2.75, 3.05) is 26.2 Å². The van der Waals surface area contributed by atoms with Gasteiger partial charge in [-0.1, -0.05) is 13.8 Å². The van der Waals surface area contributed by atoms with Gasteiger partial charge in [-0.25, -0.2) is 0 Å². The van der Waals surface area contributed by atoms with Crippen LogP contribution in [-0.2, 0) is 9.59 Å². The van der Waals surface area contributed by atoms with Crippen LogP contribution in [-0.4, -0.2) is 54.0 Å². The number of nitrogens with zero attached hydrogens (tertiary/aromatic N) is 2. The van der Waals surface area contributed by atoms with Crippen molar-refractivity contribution >= 4 is 11.8 Å². The van der Waals surface area contributed by atoms with Crippen LogP contribution in [0.4, 0.5) is 13.2 Å². The summed E-state index contributed by atoms with van der Waals surface area (Å²) in [6.45, 7) is 5.32. The molecular formula is C14H23F3N2O2. The van der Waals surface area contributed by atoms with Gasteiger partial charge in [0.1, 0.15) is 0 Å². The van der Waals surface area contributed by atoms with Crippen LogP contribution >= 0.6 is 0 Å². The molecule has 1 aliphatic rings. The lowest BCUT2D eigenvalue weighted by atomic mass is 9.95. The fraction of sp³-hybridized carbons (Fsp3) is 0.857. The zero-order valence-corrected chi connectivity index (χ0v) is 12.6. The summed E-state index contributed by atoms with van der Waals surface area (Å²) in [4.78, 5) is 26.1. The van der Waals surface area contributed by atoms with Gasteiger partial charge in [0.25, 0.3) is 0 Å². The van der Waals surface area contributed by atoms with Crippen LogP contribution in [0.5, 0.6) is 0 Å². The summed E-state index contributed by atoms with van der Waals surface area (Å²) in [5, 5.41) is 0. The van der Waals surface area contributed by atoms with E-state index in [0.717, 1.165) is 17.7 Å². The van der Waals surface area contributed by atoms with Gasteiger partial charge >= 0.3 is 12.1 Å². The molecular weight excluding hydrogens is 285 g/mol. The number of carbonyl (C=O) groups is 2. The smallest absolute Gasteiger partial charge is 0.342 e. The minimum atomic E-state index is -4.83. The number of hydrogen-bond donors (Lipinski definition) is 0. The summed E-state index contributed by atoms with van der Waals surface area (Å²) in [6, 6.07) is 0. The van der Waals surface area contributed by atoms with Gasteiger partial charge in [-0.15, -0.1) is 0 Å². The number of halogens is 3. The predicted octanol–water partition coefficient (Wildman–Crippen LogP) is 2.44. The van der Waals surface area contributed by atoms with Crippen molar-refractivity contribution in [3.63, 3.8) is 0 Å². The molecule has 7 heteroatoms. The number of piperidine rings is 1. The molecule has 21 heavy (non-hydrogen) atoms. The standard InChI is InChI=1S/C14H23F3N2O2/c1-3-7-18(8-4-2)12(20)11-5-9-19(10-6-11)13(21)14(15,16)17/h11H,3-10H2,1-2H3. The van der Waals surface area contributed by atoms with Gasteiger partial charge in [0.2, 0.25) is 5.91 Å². The number of hydrogen-bond acceptors (Lipinski definition) is 2. The first-order chi connectivity index (χ1) is 9.81.